The normalized spacial score (nSPS) is 15.0. The number of rotatable bonds is 6. The lowest BCUT2D eigenvalue weighted by molar-refractivity contribution is -0.0495. The van der Waals surface area contributed by atoms with Gasteiger partial charge in [-0.05, 0) is 37.0 Å². The molecule has 21 heavy (non-hydrogen) atoms. The molecule has 1 fully saturated rings. The van der Waals surface area contributed by atoms with Gasteiger partial charge in [0.15, 0.2) is 5.78 Å². The third kappa shape index (κ3) is 4.16. The van der Waals surface area contributed by atoms with Crippen LogP contribution in [0.4, 0.5) is 14.5 Å². The highest BCUT2D eigenvalue weighted by Gasteiger charge is 2.20. The molecule has 1 aliphatic rings. The molecule has 0 N–H and O–H groups in total. The van der Waals surface area contributed by atoms with Gasteiger partial charge in [-0.15, -0.1) is 0 Å². The Balaban J connectivity index is 2.29. The van der Waals surface area contributed by atoms with Crippen LogP contribution in [0.15, 0.2) is 18.2 Å². The number of Topliss-reactive ketones (excluding diaryl/α,β-unsaturated/α-hetero) is 1. The topological polar surface area (TPSA) is 29.5 Å². The minimum absolute atomic E-state index is 0.0362. The van der Waals surface area contributed by atoms with Gasteiger partial charge in [0.1, 0.15) is 5.75 Å². The second-order valence-electron chi connectivity index (χ2n) is 5.78. The first-order chi connectivity index (χ1) is 9.97. The summed E-state index contributed by atoms with van der Waals surface area (Å²) in [6.07, 6.45) is 2.51. The number of ketones is 1. The molecule has 0 aliphatic carbocycles. The van der Waals surface area contributed by atoms with Crippen molar-refractivity contribution < 1.29 is 18.3 Å². The number of alkyl halides is 2. The van der Waals surface area contributed by atoms with Crippen molar-refractivity contribution >= 4 is 11.5 Å². The standard InChI is InChI=1S/C16H21F2NO2/c1-11(2)9-14(20)12-5-6-15(21-16(17)18)13(10-12)19-7-3-4-8-19/h5-6,10-11,16H,3-4,7-9H2,1-2H3. The zero-order valence-electron chi connectivity index (χ0n) is 12.4. The van der Waals surface area contributed by atoms with E-state index in [2.05, 4.69) is 4.74 Å². The van der Waals surface area contributed by atoms with Crippen molar-refractivity contribution in [2.75, 3.05) is 18.0 Å². The lowest BCUT2D eigenvalue weighted by atomic mass is 10.0. The number of carbonyl (C=O) groups excluding carboxylic acids is 1. The molecule has 5 heteroatoms. The Morgan fingerprint density at radius 3 is 2.52 bits per heavy atom. The van der Waals surface area contributed by atoms with E-state index < -0.39 is 6.61 Å². The van der Waals surface area contributed by atoms with Crippen LogP contribution in [-0.4, -0.2) is 25.5 Å². The highest BCUT2D eigenvalue weighted by Crippen LogP contribution is 2.33. The largest absolute Gasteiger partial charge is 0.433 e. The maximum absolute atomic E-state index is 12.5. The molecule has 1 aliphatic heterocycles. The molecule has 1 aromatic carbocycles. The van der Waals surface area contributed by atoms with E-state index in [4.69, 9.17) is 0 Å². The van der Waals surface area contributed by atoms with Gasteiger partial charge in [-0.25, -0.2) is 0 Å². The van der Waals surface area contributed by atoms with Crippen molar-refractivity contribution in [3.63, 3.8) is 0 Å². The van der Waals surface area contributed by atoms with Gasteiger partial charge in [-0.3, -0.25) is 4.79 Å². The number of benzene rings is 1. The first-order valence-corrected chi connectivity index (χ1v) is 7.34. The molecule has 116 valence electrons. The van der Waals surface area contributed by atoms with Crippen LogP contribution in [0.2, 0.25) is 0 Å². The van der Waals surface area contributed by atoms with E-state index in [1.165, 1.54) is 6.07 Å². The molecule has 0 saturated carbocycles. The number of hydrogen-bond acceptors (Lipinski definition) is 3. The molecule has 1 saturated heterocycles. The van der Waals surface area contributed by atoms with E-state index in [9.17, 15) is 13.6 Å². The molecule has 0 unspecified atom stereocenters. The fourth-order valence-corrected chi connectivity index (χ4v) is 2.58. The minimum atomic E-state index is -2.86. The lowest BCUT2D eigenvalue weighted by Gasteiger charge is -2.22. The van der Waals surface area contributed by atoms with Crippen LogP contribution < -0.4 is 9.64 Å². The number of carbonyl (C=O) groups is 1. The number of nitrogens with zero attached hydrogens (tertiary/aromatic N) is 1. The molecule has 0 atom stereocenters. The number of hydrogen-bond donors (Lipinski definition) is 0. The van der Waals surface area contributed by atoms with Crippen molar-refractivity contribution in [1.29, 1.82) is 0 Å². The van der Waals surface area contributed by atoms with E-state index in [1.54, 1.807) is 12.1 Å². The van der Waals surface area contributed by atoms with Crippen LogP contribution in [-0.2, 0) is 0 Å². The van der Waals surface area contributed by atoms with Gasteiger partial charge in [0.05, 0.1) is 5.69 Å². The molecule has 2 rings (SSSR count). The summed E-state index contributed by atoms with van der Waals surface area (Å²) >= 11 is 0. The van der Waals surface area contributed by atoms with Gasteiger partial charge in [-0.2, -0.15) is 8.78 Å². The minimum Gasteiger partial charge on any atom is -0.433 e. The summed E-state index contributed by atoms with van der Waals surface area (Å²) in [5.74, 6) is 0.451. The highest BCUT2D eigenvalue weighted by atomic mass is 19.3. The Kier molecular flexibility index (Phi) is 5.15. The monoisotopic (exact) mass is 297 g/mol. The summed E-state index contributed by atoms with van der Waals surface area (Å²) < 4.78 is 29.6. The van der Waals surface area contributed by atoms with E-state index >= 15 is 0 Å². The van der Waals surface area contributed by atoms with Crippen molar-refractivity contribution in [2.24, 2.45) is 5.92 Å². The van der Waals surface area contributed by atoms with Gasteiger partial charge in [-0.1, -0.05) is 13.8 Å². The van der Waals surface area contributed by atoms with E-state index in [-0.39, 0.29) is 17.5 Å². The summed E-state index contributed by atoms with van der Waals surface area (Å²) in [4.78, 5) is 14.2. The quantitative estimate of drug-likeness (QED) is 0.740. The maximum atomic E-state index is 12.5. The average Bonchev–Trinajstić information content (AvgIpc) is 2.91. The number of halogens is 2. The first-order valence-electron chi connectivity index (χ1n) is 7.34. The van der Waals surface area contributed by atoms with Crippen LogP contribution in [0.25, 0.3) is 0 Å². The van der Waals surface area contributed by atoms with Gasteiger partial charge in [0.2, 0.25) is 0 Å². The Morgan fingerprint density at radius 1 is 1.29 bits per heavy atom. The zero-order valence-corrected chi connectivity index (χ0v) is 12.4. The van der Waals surface area contributed by atoms with Gasteiger partial charge < -0.3 is 9.64 Å². The summed E-state index contributed by atoms with van der Waals surface area (Å²) in [6, 6.07) is 4.74. The van der Waals surface area contributed by atoms with Crippen LogP contribution >= 0.6 is 0 Å². The molecule has 0 aromatic heterocycles. The summed E-state index contributed by atoms with van der Waals surface area (Å²) in [5.41, 5.74) is 1.16. The Morgan fingerprint density at radius 2 is 1.95 bits per heavy atom. The predicted octanol–water partition coefficient (Wildman–Crippen LogP) is 4.12. The Labute approximate surface area is 123 Å². The molecular formula is C16H21F2NO2. The fraction of sp³-hybridized carbons (Fsp3) is 0.562. The van der Waals surface area contributed by atoms with Gasteiger partial charge >= 0.3 is 6.61 Å². The third-order valence-electron chi connectivity index (χ3n) is 3.54. The fourth-order valence-electron chi connectivity index (χ4n) is 2.58. The van der Waals surface area contributed by atoms with Crippen LogP contribution in [0.1, 0.15) is 43.5 Å². The highest BCUT2D eigenvalue weighted by molar-refractivity contribution is 5.97. The van der Waals surface area contributed by atoms with Crippen LogP contribution in [0, 0.1) is 5.92 Å². The van der Waals surface area contributed by atoms with Crippen LogP contribution in [0.3, 0.4) is 0 Å². The average molecular weight is 297 g/mol. The van der Waals surface area contributed by atoms with Crippen molar-refractivity contribution in [1.82, 2.24) is 0 Å². The lowest BCUT2D eigenvalue weighted by Crippen LogP contribution is -2.20. The maximum Gasteiger partial charge on any atom is 0.387 e. The van der Waals surface area contributed by atoms with Gasteiger partial charge in [0.25, 0.3) is 0 Å². The molecule has 0 bridgehead atoms. The van der Waals surface area contributed by atoms with E-state index in [0.717, 1.165) is 25.9 Å². The first kappa shape index (κ1) is 15.7. The molecule has 1 aromatic rings. The molecule has 0 spiro atoms. The van der Waals surface area contributed by atoms with Gasteiger partial charge in [0, 0.05) is 25.1 Å². The zero-order chi connectivity index (χ0) is 15.4. The Hall–Kier alpha value is -1.65. The second kappa shape index (κ2) is 6.87. The number of anilines is 1. The summed E-state index contributed by atoms with van der Waals surface area (Å²) in [5, 5.41) is 0. The predicted molar refractivity (Wildman–Crippen MR) is 78.3 cm³/mol. The third-order valence-corrected chi connectivity index (χ3v) is 3.54. The number of ether oxygens (including phenoxy) is 1. The molecule has 1 heterocycles. The summed E-state index contributed by atoms with van der Waals surface area (Å²) in [7, 11) is 0. The second-order valence-corrected chi connectivity index (χ2v) is 5.78. The molecule has 0 radical (unpaired) electrons. The molecular weight excluding hydrogens is 276 g/mol. The smallest absolute Gasteiger partial charge is 0.387 e. The van der Waals surface area contributed by atoms with Crippen molar-refractivity contribution in [2.45, 2.75) is 39.7 Å². The van der Waals surface area contributed by atoms with E-state index in [1.807, 2.05) is 18.7 Å². The SMILES string of the molecule is CC(C)CC(=O)c1ccc(OC(F)F)c(N2CCCC2)c1. The van der Waals surface area contributed by atoms with Crippen molar-refractivity contribution in [3.8, 4) is 5.75 Å². The van der Waals surface area contributed by atoms with Crippen molar-refractivity contribution in [3.05, 3.63) is 23.8 Å². The van der Waals surface area contributed by atoms with Crippen LogP contribution in [0.5, 0.6) is 5.75 Å². The Bertz CT molecular complexity index is 497. The van der Waals surface area contributed by atoms with E-state index in [0.29, 0.717) is 17.7 Å². The summed E-state index contributed by atoms with van der Waals surface area (Å²) in [6.45, 7) is 2.72. The molecule has 3 nitrogen and oxygen atoms in total. The molecule has 0 amide bonds.